The normalized spacial score (nSPS) is 16.6. The number of sulfonamides is 1. The van der Waals surface area contributed by atoms with Gasteiger partial charge in [0.2, 0.25) is 15.8 Å². The summed E-state index contributed by atoms with van der Waals surface area (Å²) in [6, 6.07) is 9.87. The van der Waals surface area contributed by atoms with Crippen molar-refractivity contribution in [1.29, 1.82) is 0 Å². The molecule has 38 heavy (non-hydrogen) atoms. The minimum absolute atomic E-state index is 0.00431. The molecule has 0 saturated carbocycles. The lowest BCUT2D eigenvalue weighted by molar-refractivity contribution is 0.109. The van der Waals surface area contributed by atoms with Crippen LogP contribution in [0.3, 0.4) is 0 Å². The van der Waals surface area contributed by atoms with E-state index in [1.807, 2.05) is 11.8 Å². The Labute approximate surface area is 230 Å². The summed E-state index contributed by atoms with van der Waals surface area (Å²) in [5.41, 5.74) is 0.694. The predicted molar refractivity (Wildman–Crippen MR) is 145 cm³/mol. The minimum Gasteiger partial charge on any atom is -0.484 e. The predicted octanol–water partition coefficient (Wildman–Crippen LogP) is 3.92. The summed E-state index contributed by atoms with van der Waals surface area (Å²) in [4.78, 5) is 15.4. The second-order valence-electron chi connectivity index (χ2n) is 8.61. The molecule has 1 aromatic heterocycles. The molecule has 13 heteroatoms. The zero-order chi connectivity index (χ0) is 27.4. The molecule has 4 rings (SSSR count). The Balaban J connectivity index is 1.75. The van der Waals surface area contributed by atoms with Crippen LogP contribution in [-0.4, -0.2) is 68.2 Å². The Hall–Kier alpha value is -2.70. The van der Waals surface area contributed by atoms with E-state index in [9.17, 15) is 17.6 Å². The smallest absolute Gasteiger partial charge is 0.316 e. The van der Waals surface area contributed by atoms with Crippen LogP contribution < -0.4 is 15.2 Å². The first-order valence-corrected chi connectivity index (χ1v) is 14.5. The number of aromatic nitrogens is 2. The molecule has 0 bridgehead atoms. The number of benzene rings is 2. The van der Waals surface area contributed by atoms with Crippen LogP contribution in [0.4, 0.5) is 10.1 Å². The minimum atomic E-state index is -3.57. The fraction of sp³-hybridized carbons (Fsp3) is 0.360. The van der Waals surface area contributed by atoms with E-state index in [0.717, 1.165) is 10.9 Å². The molecule has 0 aliphatic carbocycles. The van der Waals surface area contributed by atoms with Gasteiger partial charge in [0.05, 0.1) is 40.8 Å². The highest BCUT2D eigenvalue weighted by Crippen LogP contribution is 2.35. The van der Waals surface area contributed by atoms with Crippen molar-refractivity contribution in [2.24, 2.45) is 0 Å². The van der Waals surface area contributed by atoms with Gasteiger partial charge in [0.15, 0.2) is 0 Å². The van der Waals surface area contributed by atoms with E-state index in [0.29, 0.717) is 27.9 Å². The maximum Gasteiger partial charge on any atom is 0.316 e. The quantitative estimate of drug-likeness (QED) is 0.352. The average Bonchev–Trinajstić information content (AvgIpc) is 2.88. The van der Waals surface area contributed by atoms with Crippen molar-refractivity contribution in [3.8, 4) is 11.4 Å². The van der Waals surface area contributed by atoms with Crippen molar-refractivity contribution in [2.75, 3.05) is 50.6 Å². The van der Waals surface area contributed by atoms with E-state index in [1.165, 1.54) is 28.7 Å². The topological polar surface area (TPSA) is 94.0 Å². The van der Waals surface area contributed by atoms with Crippen LogP contribution in [-0.2, 0) is 14.8 Å². The number of nitrogens with zero attached hydrogens (tertiary/aromatic N) is 4. The lowest BCUT2D eigenvalue weighted by Crippen LogP contribution is -2.50. The third-order valence-electron chi connectivity index (χ3n) is 6.07. The van der Waals surface area contributed by atoms with Gasteiger partial charge in [0, 0.05) is 26.2 Å². The third-order valence-corrected chi connectivity index (χ3v) is 8.10. The summed E-state index contributed by atoms with van der Waals surface area (Å²) < 4.78 is 52.8. The van der Waals surface area contributed by atoms with Gasteiger partial charge in [-0.05, 0) is 42.8 Å². The molecule has 204 valence electrons. The van der Waals surface area contributed by atoms with Crippen LogP contribution >= 0.6 is 23.2 Å². The largest absolute Gasteiger partial charge is 0.484 e. The highest BCUT2D eigenvalue weighted by atomic mass is 35.5. The SMILES string of the molecule is CCOCCOc1c(N2CCN(S(C)(=O)=O)C(c3ccc(Cl)c(Cl)c3)C2)cnn(-c2cccc(F)c2)c1=O. The molecule has 0 amide bonds. The number of rotatable bonds is 9. The number of anilines is 1. The zero-order valence-electron chi connectivity index (χ0n) is 20.8. The number of halogens is 3. The molecule has 1 saturated heterocycles. The van der Waals surface area contributed by atoms with Crippen molar-refractivity contribution in [3.63, 3.8) is 0 Å². The summed E-state index contributed by atoms with van der Waals surface area (Å²) in [6.45, 7) is 3.30. The Morgan fingerprint density at radius 3 is 2.58 bits per heavy atom. The van der Waals surface area contributed by atoms with Crippen LogP contribution in [0.5, 0.6) is 5.75 Å². The number of ether oxygens (including phenoxy) is 2. The van der Waals surface area contributed by atoms with Crippen LogP contribution in [0.1, 0.15) is 18.5 Å². The molecule has 0 radical (unpaired) electrons. The molecular formula is C25H27Cl2FN4O5S. The summed E-state index contributed by atoms with van der Waals surface area (Å²) in [5, 5.41) is 4.93. The van der Waals surface area contributed by atoms with Crippen LogP contribution in [0, 0.1) is 5.82 Å². The molecule has 0 N–H and O–H groups in total. The molecule has 1 atom stereocenters. The highest BCUT2D eigenvalue weighted by Gasteiger charge is 2.36. The highest BCUT2D eigenvalue weighted by molar-refractivity contribution is 7.88. The van der Waals surface area contributed by atoms with Crippen molar-refractivity contribution >= 4 is 38.9 Å². The Morgan fingerprint density at radius 2 is 1.89 bits per heavy atom. The molecule has 1 aliphatic heterocycles. The fourth-order valence-corrected chi connectivity index (χ4v) is 5.67. The van der Waals surface area contributed by atoms with E-state index in [2.05, 4.69) is 5.10 Å². The maximum absolute atomic E-state index is 13.9. The number of hydrogen-bond acceptors (Lipinski definition) is 7. The standard InChI is InChI=1S/C25H27Cl2FN4O5S/c1-3-36-11-12-37-24-22(15-29-32(25(24)33)19-6-4-5-18(28)14-19)30-9-10-31(38(2,34)35)23(16-30)17-7-8-20(26)21(27)13-17/h4-8,13-15,23H,3,9-12,16H2,1-2H3. The van der Waals surface area contributed by atoms with Crippen molar-refractivity contribution in [3.05, 3.63) is 80.4 Å². The molecule has 1 aliphatic rings. The van der Waals surface area contributed by atoms with Gasteiger partial charge in [-0.1, -0.05) is 35.3 Å². The molecule has 2 aromatic carbocycles. The molecule has 3 aromatic rings. The van der Waals surface area contributed by atoms with E-state index in [1.54, 1.807) is 24.3 Å². The monoisotopic (exact) mass is 584 g/mol. The van der Waals surface area contributed by atoms with Gasteiger partial charge in [0.25, 0.3) is 0 Å². The van der Waals surface area contributed by atoms with E-state index in [4.69, 9.17) is 32.7 Å². The second kappa shape index (κ2) is 12.0. The lowest BCUT2D eigenvalue weighted by Gasteiger charge is -2.41. The summed E-state index contributed by atoms with van der Waals surface area (Å²) in [5.74, 6) is -0.509. The van der Waals surface area contributed by atoms with Gasteiger partial charge in [-0.15, -0.1) is 0 Å². The Kier molecular flexibility index (Phi) is 8.94. The zero-order valence-corrected chi connectivity index (χ0v) is 23.1. The number of hydrogen-bond donors (Lipinski definition) is 0. The van der Waals surface area contributed by atoms with Gasteiger partial charge in [-0.25, -0.2) is 12.8 Å². The van der Waals surface area contributed by atoms with E-state index >= 15 is 0 Å². The summed E-state index contributed by atoms with van der Waals surface area (Å²) in [6.07, 6.45) is 2.61. The Bertz CT molecular complexity index is 1470. The van der Waals surface area contributed by atoms with Crippen molar-refractivity contribution < 1.29 is 22.3 Å². The van der Waals surface area contributed by atoms with Gasteiger partial charge in [-0.2, -0.15) is 14.1 Å². The number of piperazine rings is 1. The summed E-state index contributed by atoms with van der Waals surface area (Å²) >= 11 is 12.3. The van der Waals surface area contributed by atoms with Crippen LogP contribution in [0.15, 0.2) is 53.5 Å². The molecule has 1 unspecified atom stereocenters. The first-order valence-electron chi connectivity index (χ1n) is 11.9. The first-order chi connectivity index (χ1) is 18.1. The van der Waals surface area contributed by atoms with E-state index in [-0.39, 0.29) is 44.3 Å². The molecule has 9 nitrogen and oxygen atoms in total. The third kappa shape index (κ3) is 6.29. The van der Waals surface area contributed by atoms with Crippen molar-refractivity contribution in [1.82, 2.24) is 14.1 Å². The maximum atomic E-state index is 13.9. The van der Waals surface area contributed by atoms with Crippen LogP contribution in [0.25, 0.3) is 5.69 Å². The first kappa shape index (κ1) is 28.3. The van der Waals surface area contributed by atoms with Gasteiger partial charge in [0.1, 0.15) is 18.1 Å². The van der Waals surface area contributed by atoms with Gasteiger partial charge < -0.3 is 14.4 Å². The molecule has 0 spiro atoms. The summed E-state index contributed by atoms with van der Waals surface area (Å²) in [7, 11) is -3.57. The molecule has 1 fully saturated rings. The van der Waals surface area contributed by atoms with Crippen LogP contribution in [0.2, 0.25) is 10.0 Å². The lowest BCUT2D eigenvalue weighted by atomic mass is 10.0. The molecular weight excluding hydrogens is 558 g/mol. The second-order valence-corrected chi connectivity index (χ2v) is 11.4. The van der Waals surface area contributed by atoms with Gasteiger partial charge >= 0.3 is 5.56 Å². The molecule has 2 heterocycles. The van der Waals surface area contributed by atoms with Crippen molar-refractivity contribution in [2.45, 2.75) is 13.0 Å². The van der Waals surface area contributed by atoms with E-state index < -0.39 is 27.4 Å². The average molecular weight is 585 g/mol. The fourth-order valence-electron chi connectivity index (χ4n) is 4.30. The Morgan fingerprint density at radius 1 is 1.11 bits per heavy atom. The van der Waals surface area contributed by atoms with Gasteiger partial charge in [-0.3, -0.25) is 4.79 Å².